The molecule has 1 saturated heterocycles. The van der Waals surface area contributed by atoms with E-state index in [1.165, 1.54) is 5.70 Å². The van der Waals surface area contributed by atoms with Crippen molar-refractivity contribution < 1.29 is 9.47 Å². The van der Waals surface area contributed by atoms with E-state index in [9.17, 15) is 0 Å². The van der Waals surface area contributed by atoms with Crippen LogP contribution in [0.3, 0.4) is 0 Å². The molecule has 3 aliphatic heterocycles. The largest absolute Gasteiger partial charge is 0.493 e. The second-order valence-corrected chi connectivity index (χ2v) is 7.54. The third kappa shape index (κ3) is 3.64. The van der Waals surface area contributed by atoms with Crippen LogP contribution in [0.5, 0.6) is 11.5 Å². The Balaban J connectivity index is 1.53. The van der Waals surface area contributed by atoms with Gasteiger partial charge in [-0.25, -0.2) is 4.99 Å². The van der Waals surface area contributed by atoms with Crippen molar-refractivity contribution in [1.82, 2.24) is 15.1 Å². The number of benzene rings is 1. The van der Waals surface area contributed by atoms with Crippen LogP contribution in [0.25, 0.3) is 5.70 Å². The Morgan fingerprint density at radius 2 is 1.79 bits per heavy atom. The van der Waals surface area contributed by atoms with Crippen molar-refractivity contribution in [3.8, 4) is 11.5 Å². The van der Waals surface area contributed by atoms with Gasteiger partial charge in [0.1, 0.15) is 5.84 Å². The number of ether oxygens (including phenoxy) is 2. The first-order valence-corrected chi connectivity index (χ1v) is 9.76. The van der Waals surface area contributed by atoms with Crippen molar-refractivity contribution in [3.63, 3.8) is 0 Å². The lowest BCUT2D eigenvalue weighted by atomic mass is 10.1. The molecule has 1 aromatic rings. The Hall–Kier alpha value is -2.73. The molecule has 1 fully saturated rings. The van der Waals surface area contributed by atoms with Gasteiger partial charge in [0.25, 0.3) is 0 Å². The van der Waals surface area contributed by atoms with E-state index in [2.05, 4.69) is 53.4 Å². The molecule has 0 unspecified atom stereocenters. The number of nitrogens with zero attached hydrogens (tertiary/aromatic N) is 3. The summed E-state index contributed by atoms with van der Waals surface area (Å²) in [5, 5.41) is 3.59. The van der Waals surface area contributed by atoms with Gasteiger partial charge in [-0.1, -0.05) is 0 Å². The van der Waals surface area contributed by atoms with Gasteiger partial charge in [0.2, 0.25) is 0 Å². The first kappa shape index (κ1) is 18.6. The van der Waals surface area contributed by atoms with E-state index in [1.807, 2.05) is 18.2 Å². The number of methoxy groups -OCH3 is 2. The van der Waals surface area contributed by atoms with Crippen molar-refractivity contribution in [3.05, 3.63) is 53.9 Å². The van der Waals surface area contributed by atoms with Gasteiger partial charge in [-0.2, -0.15) is 0 Å². The average molecular weight is 380 g/mol. The molecule has 0 spiro atoms. The third-order valence-corrected chi connectivity index (χ3v) is 5.30. The number of nitrogens with one attached hydrogen (secondary N) is 1. The predicted molar refractivity (Wildman–Crippen MR) is 113 cm³/mol. The SMILES string of the molecule is COc1ccc(C2=CCN3C=C(N4C[C@@H](C)N[C@@H](C)C4)C=CC3=N2)cc1OC. The van der Waals surface area contributed by atoms with Crippen LogP contribution < -0.4 is 14.8 Å². The van der Waals surface area contributed by atoms with E-state index in [0.717, 1.165) is 42.5 Å². The first-order valence-electron chi connectivity index (χ1n) is 9.76. The van der Waals surface area contributed by atoms with Gasteiger partial charge in [-0.05, 0) is 50.3 Å². The lowest BCUT2D eigenvalue weighted by Gasteiger charge is -2.40. The molecule has 0 saturated carbocycles. The molecule has 148 valence electrons. The number of fused-ring (bicyclic) bond motifs is 1. The number of aliphatic imine (C=N–C) groups is 1. The average Bonchev–Trinajstić information content (AvgIpc) is 2.71. The molecule has 4 rings (SSSR count). The van der Waals surface area contributed by atoms with Crippen molar-refractivity contribution >= 4 is 11.5 Å². The molecule has 6 heteroatoms. The quantitative estimate of drug-likeness (QED) is 0.871. The minimum absolute atomic E-state index is 0.492. The van der Waals surface area contributed by atoms with E-state index in [0.29, 0.717) is 17.8 Å². The smallest absolute Gasteiger partial charge is 0.161 e. The molecule has 0 amide bonds. The van der Waals surface area contributed by atoms with E-state index in [1.54, 1.807) is 14.2 Å². The molecule has 6 nitrogen and oxygen atoms in total. The lowest BCUT2D eigenvalue weighted by molar-refractivity contribution is 0.217. The maximum Gasteiger partial charge on any atom is 0.161 e. The number of hydrogen-bond donors (Lipinski definition) is 1. The van der Waals surface area contributed by atoms with Crippen molar-refractivity contribution in [1.29, 1.82) is 0 Å². The topological polar surface area (TPSA) is 49.3 Å². The standard InChI is InChI=1S/C22H28N4O2/c1-15-12-26(13-16(2)23-15)18-6-8-22-24-19(9-10-25(22)14-18)17-5-7-20(27-3)21(11-17)28-4/h5-9,11,14-16,23H,10,12-13H2,1-4H3/t15-,16+. The monoisotopic (exact) mass is 380 g/mol. The highest BCUT2D eigenvalue weighted by atomic mass is 16.5. The highest BCUT2D eigenvalue weighted by molar-refractivity contribution is 6.00. The maximum atomic E-state index is 5.43. The highest BCUT2D eigenvalue weighted by Gasteiger charge is 2.25. The Labute approximate surface area is 166 Å². The normalized spacial score (nSPS) is 24.2. The van der Waals surface area contributed by atoms with Crippen LogP contribution in [0.4, 0.5) is 0 Å². The predicted octanol–water partition coefficient (Wildman–Crippen LogP) is 2.85. The van der Waals surface area contributed by atoms with Crippen LogP contribution in [-0.2, 0) is 0 Å². The first-order chi connectivity index (χ1) is 13.6. The summed E-state index contributed by atoms with van der Waals surface area (Å²) in [4.78, 5) is 9.52. The maximum absolute atomic E-state index is 5.43. The second kappa shape index (κ2) is 7.72. The molecule has 0 aliphatic carbocycles. The molecule has 0 bridgehead atoms. The summed E-state index contributed by atoms with van der Waals surface area (Å²) in [6.07, 6.45) is 8.66. The van der Waals surface area contributed by atoms with E-state index >= 15 is 0 Å². The van der Waals surface area contributed by atoms with Crippen LogP contribution >= 0.6 is 0 Å². The van der Waals surface area contributed by atoms with Gasteiger partial charge < -0.3 is 24.6 Å². The number of hydrogen-bond acceptors (Lipinski definition) is 6. The molecule has 2 atom stereocenters. The Kier molecular flexibility index (Phi) is 5.13. The number of rotatable bonds is 4. The van der Waals surface area contributed by atoms with Crippen molar-refractivity contribution in [2.75, 3.05) is 33.9 Å². The molecule has 1 aromatic carbocycles. The fourth-order valence-electron chi connectivity index (χ4n) is 4.03. The fraction of sp³-hybridized carbons (Fsp3) is 0.409. The molecule has 1 N–H and O–H groups in total. The lowest BCUT2D eigenvalue weighted by Crippen LogP contribution is -2.53. The molecule has 3 aliphatic rings. The zero-order valence-electron chi connectivity index (χ0n) is 17.0. The molecule has 3 heterocycles. The summed E-state index contributed by atoms with van der Waals surface area (Å²) in [6.45, 7) is 7.32. The Morgan fingerprint density at radius 3 is 2.50 bits per heavy atom. The Bertz CT molecular complexity index is 861. The van der Waals surface area contributed by atoms with E-state index in [4.69, 9.17) is 14.5 Å². The highest BCUT2D eigenvalue weighted by Crippen LogP contribution is 2.32. The molecule has 28 heavy (non-hydrogen) atoms. The zero-order chi connectivity index (χ0) is 19.7. The summed E-state index contributed by atoms with van der Waals surface area (Å²) >= 11 is 0. The molecular weight excluding hydrogens is 352 g/mol. The van der Waals surface area contributed by atoms with Gasteiger partial charge >= 0.3 is 0 Å². The molecule has 0 radical (unpaired) electrons. The van der Waals surface area contributed by atoms with Gasteiger partial charge in [0, 0.05) is 43.5 Å². The Morgan fingerprint density at radius 1 is 1.04 bits per heavy atom. The van der Waals surface area contributed by atoms with Crippen molar-refractivity contribution in [2.45, 2.75) is 25.9 Å². The molecule has 0 aromatic heterocycles. The van der Waals surface area contributed by atoms with Crippen LogP contribution in [0, 0.1) is 0 Å². The third-order valence-electron chi connectivity index (χ3n) is 5.30. The van der Waals surface area contributed by atoms with Crippen LogP contribution in [-0.4, -0.2) is 61.6 Å². The summed E-state index contributed by atoms with van der Waals surface area (Å²) < 4.78 is 10.8. The summed E-state index contributed by atoms with van der Waals surface area (Å²) in [7, 11) is 3.30. The second-order valence-electron chi connectivity index (χ2n) is 7.54. The van der Waals surface area contributed by atoms with Gasteiger partial charge in [0.05, 0.1) is 25.6 Å². The summed E-state index contributed by atoms with van der Waals surface area (Å²) in [5.74, 6) is 2.40. The number of amidine groups is 1. The van der Waals surface area contributed by atoms with Crippen LogP contribution in [0.2, 0.25) is 0 Å². The van der Waals surface area contributed by atoms with Crippen molar-refractivity contribution in [2.24, 2.45) is 4.99 Å². The molecular formula is C22H28N4O2. The summed E-state index contributed by atoms with van der Waals surface area (Å²) in [5.41, 5.74) is 3.23. The van der Waals surface area contributed by atoms with Gasteiger partial charge in [-0.15, -0.1) is 0 Å². The van der Waals surface area contributed by atoms with Crippen LogP contribution in [0.1, 0.15) is 19.4 Å². The minimum atomic E-state index is 0.492. The van der Waals surface area contributed by atoms with E-state index < -0.39 is 0 Å². The minimum Gasteiger partial charge on any atom is -0.493 e. The van der Waals surface area contributed by atoms with Crippen LogP contribution in [0.15, 0.2) is 53.3 Å². The number of allylic oxidation sites excluding steroid dienone is 1. The number of piperazine rings is 1. The zero-order valence-corrected chi connectivity index (χ0v) is 17.0. The van der Waals surface area contributed by atoms with Gasteiger partial charge in [-0.3, -0.25) is 0 Å². The van der Waals surface area contributed by atoms with E-state index in [-0.39, 0.29) is 0 Å². The fourth-order valence-corrected chi connectivity index (χ4v) is 4.03. The van der Waals surface area contributed by atoms with Gasteiger partial charge in [0.15, 0.2) is 11.5 Å². The summed E-state index contributed by atoms with van der Waals surface area (Å²) in [6, 6.07) is 6.90.